The molecule has 1 amide bonds. The zero-order chi connectivity index (χ0) is 16.8. The number of carbonyl (C=O) groups is 1. The van der Waals surface area contributed by atoms with Crippen molar-refractivity contribution in [2.24, 2.45) is 5.92 Å². The lowest BCUT2D eigenvalue weighted by Crippen LogP contribution is -2.40. The minimum atomic E-state index is 0.155. The lowest BCUT2D eigenvalue weighted by atomic mass is 9.95. The Morgan fingerprint density at radius 2 is 1.96 bits per heavy atom. The second kappa shape index (κ2) is 5.99. The van der Waals surface area contributed by atoms with E-state index in [1.807, 2.05) is 32.4 Å². The summed E-state index contributed by atoms with van der Waals surface area (Å²) >= 11 is 1.85. The Labute approximate surface area is 146 Å². The molecule has 5 nitrogen and oxygen atoms in total. The monoisotopic (exact) mass is 344 g/mol. The Kier molecular flexibility index (Phi) is 3.95. The predicted octanol–water partition coefficient (Wildman–Crippen LogP) is 2.79. The molecule has 0 saturated carbocycles. The number of piperidine rings is 1. The van der Waals surface area contributed by atoms with Crippen LogP contribution in [0.15, 0.2) is 0 Å². The number of fused-ring (bicyclic) bond motifs is 3. The lowest BCUT2D eigenvalue weighted by Gasteiger charge is -2.33. The van der Waals surface area contributed by atoms with E-state index in [0.717, 1.165) is 48.8 Å². The van der Waals surface area contributed by atoms with Gasteiger partial charge in [0.05, 0.1) is 5.39 Å². The highest BCUT2D eigenvalue weighted by Crippen LogP contribution is 2.41. The van der Waals surface area contributed by atoms with Gasteiger partial charge in [0, 0.05) is 38.0 Å². The number of carbonyl (C=O) groups excluding carboxylic acids is 1. The van der Waals surface area contributed by atoms with Crippen molar-refractivity contribution < 1.29 is 4.79 Å². The van der Waals surface area contributed by atoms with Gasteiger partial charge in [0.1, 0.15) is 16.5 Å². The molecule has 2 aromatic rings. The highest BCUT2D eigenvalue weighted by Gasteiger charge is 2.29. The number of hydrogen-bond acceptors (Lipinski definition) is 5. The van der Waals surface area contributed by atoms with Crippen molar-refractivity contribution in [1.29, 1.82) is 0 Å². The van der Waals surface area contributed by atoms with Crippen molar-refractivity contribution in [2.75, 3.05) is 32.1 Å². The van der Waals surface area contributed by atoms with E-state index in [1.54, 1.807) is 4.90 Å². The molecule has 3 heterocycles. The molecular formula is C18H24N4OS. The third kappa shape index (κ3) is 2.57. The van der Waals surface area contributed by atoms with Crippen LogP contribution >= 0.6 is 11.3 Å². The second-order valence-corrected chi connectivity index (χ2v) is 8.21. The second-order valence-electron chi connectivity index (χ2n) is 7.13. The van der Waals surface area contributed by atoms with Crippen LogP contribution < -0.4 is 4.90 Å². The van der Waals surface area contributed by atoms with Crippen LogP contribution in [-0.4, -0.2) is 48.0 Å². The molecule has 2 aromatic heterocycles. The number of nitrogens with zero attached hydrogens (tertiary/aromatic N) is 4. The highest BCUT2D eigenvalue weighted by molar-refractivity contribution is 7.19. The first kappa shape index (κ1) is 15.8. The molecule has 0 unspecified atom stereocenters. The van der Waals surface area contributed by atoms with Gasteiger partial charge in [-0.25, -0.2) is 9.97 Å². The molecule has 0 aromatic carbocycles. The largest absolute Gasteiger partial charge is 0.356 e. The minimum absolute atomic E-state index is 0.155. The molecule has 0 atom stereocenters. The first-order chi connectivity index (χ1) is 11.5. The standard InChI is InChI=1S/C18H24N4OS/c1-11-19-16(15-13-5-4-6-14(13)24-17(15)20-11)22-9-7-12(8-10-22)18(23)21(2)3/h12H,4-10H2,1-3H3. The number of thiophene rings is 1. The number of rotatable bonds is 2. The maximum atomic E-state index is 12.2. The van der Waals surface area contributed by atoms with Crippen LogP contribution in [0.1, 0.15) is 35.5 Å². The maximum absolute atomic E-state index is 12.2. The third-order valence-electron chi connectivity index (χ3n) is 5.24. The van der Waals surface area contributed by atoms with Crippen LogP contribution in [0.3, 0.4) is 0 Å². The maximum Gasteiger partial charge on any atom is 0.225 e. The summed E-state index contributed by atoms with van der Waals surface area (Å²) in [6, 6.07) is 0. The van der Waals surface area contributed by atoms with E-state index in [4.69, 9.17) is 4.98 Å². The molecule has 1 aliphatic carbocycles. The minimum Gasteiger partial charge on any atom is -0.356 e. The lowest BCUT2D eigenvalue weighted by molar-refractivity contribution is -0.133. The molecule has 1 saturated heterocycles. The van der Waals surface area contributed by atoms with Crippen molar-refractivity contribution in [3.63, 3.8) is 0 Å². The van der Waals surface area contributed by atoms with Gasteiger partial charge in [-0.2, -0.15) is 0 Å². The summed E-state index contributed by atoms with van der Waals surface area (Å²) in [5.41, 5.74) is 1.48. The summed E-state index contributed by atoms with van der Waals surface area (Å²) in [7, 11) is 3.70. The van der Waals surface area contributed by atoms with Crippen LogP contribution in [0.2, 0.25) is 0 Å². The number of anilines is 1. The fraction of sp³-hybridized carbons (Fsp3) is 0.611. The summed E-state index contributed by atoms with van der Waals surface area (Å²) in [5, 5.41) is 1.29. The quantitative estimate of drug-likeness (QED) is 0.840. The van der Waals surface area contributed by atoms with Gasteiger partial charge in [0.2, 0.25) is 5.91 Å². The normalized spacial score (nSPS) is 18.2. The molecular weight excluding hydrogens is 320 g/mol. The van der Waals surface area contributed by atoms with Gasteiger partial charge < -0.3 is 9.80 Å². The summed E-state index contributed by atoms with van der Waals surface area (Å²) in [5.74, 6) is 2.37. The van der Waals surface area contributed by atoms with E-state index in [0.29, 0.717) is 0 Å². The Bertz CT molecular complexity index is 790. The molecule has 0 bridgehead atoms. The Morgan fingerprint density at radius 3 is 2.67 bits per heavy atom. The van der Waals surface area contributed by atoms with Crippen molar-refractivity contribution >= 4 is 33.3 Å². The van der Waals surface area contributed by atoms with Crippen molar-refractivity contribution in [1.82, 2.24) is 14.9 Å². The van der Waals surface area contributed by atoms with Gasteiger partial charge in [-0.1, -0.05) is 0 Å². The molecule has 2 aliphatic rings. The van der Waals surface area contributed by atoms with Crippen LogP contribution in [0.25, 0.3) is 10.2 Å². The first-order valence-electron chi connectivity index (χ1n) is 8.79. The Hall–Kier alpha value is -1.69. The Morgan fingerprint density at radius 1 is 1.21 bits per heavy atom. The molecule has 0 spiro atoms. The van der Waals surface area contributed by atoms with E-state index in [9.17, 15) is 4.79 Å². The summed E-state index contributed by atoms with van der Waals surface area (Å²) in [6.45, 7) is 3.79. The SMILES string of the molecule is Cc1nc(N2CCC(C(=O)N(C)C)CC2)c2c3c(sc2n1)CCC3. The topological polar surface area (TPSA) is 49.3 Å². The summed E-state index contributed by atoms with van der Waals surface area (Å²) in [4.78, 5) is 28.4. The summed E-state index contributed by atoms with van der Waals surface area (Å²) < 4.78 is 0. The highest BCUT2D eigenvalue weighted by atomic mass is 32.1. The fourth-order valence-electron chi connectivity index (χ4n) is 4.01. The van der Waals surface area contributed by atoms with Gasteiger partial charge in [-0.15, -0.1) is 11.3 Å². The molecule has 4 rings (SSSR count). The molecule has 1 fully saturated rings. The average molecular weight is 344 g/mol. The zero-order valence-electron chi connectivity index (χ0n) is 14.6. The fourth-order valence-corrected chi connectivity index (χ4v) is 5.31. The molecule has 1 aliphatic heterocycles. The van der Waals surface area contributed by atoms with E-state index < -0.39 is 0 Å². The predicted molar refractivity (Wildman–Crippen MR) is 97.8 cm³/mol. The van der Waals surface area contributed by atoms with E-state index in [1.165, 1.54) is 28.7 Å². The number of aromatic nitrogens is 2. The van der Waals surface area contributed by atoms with Gasteiger partial charge >= 0.3 is 0 Å². The van der Waals surface area contributed by atoms with Crippen LogP contribution in [-0.2, 0) is 17.6 Å². The van der Waals surface area contributed by atoms with E-state index >= 15 is 0 Å². The van der Waals surface area contributed by atoms with Crippen LogP contribution in [0.4, 0.5) is 5.82 Å². The van der Waals surface area contributed by atoms with Crippen LogP contribution in [0.5, 0.6) is 0 Å². The Balaban J connectivity index is 1.64. The van der Waals surface area contributed by atoms with E-state index in [-0.39, 0.29) is 11.8 Å². The van der Waals surface area contributed by atoms with Gasteiger partial charge in [-0.3, -0.25) is 4.79 Å². The third-order valence-corrected chi connectivity index (χ3v) is 6.43. The molecule has 6 heteroatoms. The first-order valence-corrected chi connectivity index (χ1v) is 9.61. The van der Waals surface area contributed by atoms with Crippen molar-refractivity contribution in [3.05, 3.63) is 16.3 Å². The van der Waals surface area contributed by atoms with Crippen molar-refractivity contribution in [2.45, 2.75) is 39.0 Å². The summed E-state index contributed by atoms with van der Waals surface area (Å²) in [6.07, 6.45) is 5.42. The smallest absolute Gasteiger partial charge is 0.225 e. The molecule has 24 heavy (non-hydrogen) atoms. The van der Waals surface area contributed by atoms with Gasteiger partial charge in [-0.05, 0) is 44.6 Å². The van der Waals surface area contributed by atoms with Crippen molar-refractivity contribution in [3.8, 4) is 0 Å². The number of aryl methyl sites for hydroxylation is 3. The van der Waals surface area contributed by atoms with Gasteiger partial charge in [0.15, 0.2) is 0 Å². The average Bonchev–Trinajstić information content (AvgIpc) is 3.14. The molecule has 0 radical (unpaired) electrons. The zero-order valence-corrected chi connectivity index (χ0v) is 15.4. The number of amides is 1. The van der Waals surface area contributed by atoms with Gasteiger partial charge in [0.25, 0.3) is 0 Å². The number of hydrogen-bond donors (Lipinski definition) is 0. The molecule has 0 N–H and O–H groups in total. The van der Waals surface area contributed by atoms with E-state index in [2.05, 4.69) is 9.88 Å². The van der Waals surface area contributed by atoms with Crippen LogP contribution in [0, 0.1) is 12.8 Å². The molecule has 128 valence electrons.